The standard InChI is InChI=1S/C17H25BrN4O3S.HI/c1-2-19-17(22-15-7-10-26(24,25)12-15)21-9-4-8-20-16(23)13-5-3-6-14(18)11-13;/h3,5-6,11,15H,2,4,7-10,12H2,1H3,(H,20,23)(H2,19,21,22);1H. The average Bonchev–Trinajstić information content (AvgIpc) is 2.93. The maximum Gasteiger partial charge on any atom is 0.251 e. The molecule has 1 aromatic carbocycles. The lowest BCUT2D eigenvalue weighted by atomic mass is 10.2. The molecule has 1 unspecified atom stereocenters. The van der Waals surface area contributed by atoms with Crippen molar-refractivity contribution < 1.29 is 13.2 Å². The SMILES string of the molecule is CCNC(=NCCCNC(=O)c1cccc(Br)c1)NC1CCS(=O)(=O)C1.I. The Morgan fingerprint density at radius 3 is 2.74 bits per heavy atom. The summed E-state index contributed by atoms with van der Waals surface area (Å²) in [5.74, 6) is 0.885. The smallest absolute Gasteiger partial charge is 0.251 e. The summed E-state index contributed by atoms with van der Waals surface area (Å²) < 4.78 is 23.9. The zero-order valence-corrected chi connectivity index (χ0v) is 19.9. The minimum absolute atomic E-state index is 0. The number of amides is 1. The van der Waals surface area contributed by atoms with Crippen LogP contribution in [0.4, 0.5) is 0 Å². The molecule has 1 atom stereocenters. The largest absolute Gasteiger partial charge is 0.357 e. The number of nitrogens with one attached hydrogen (secondary N) is 3. The Morgan fingerprint density at radius 2 is 2.11 bits per heavy atom. The van der Waals surface area contributed by atoms with E-state index in [1.54, 1.807) is 12.1 Å². The van der Waals surface area contributed by atoms with E-state index in [9.17, 15) is 13.2 Å². The summed E-state index contributed by atoms with van der Waals surface area (Å²) in [6, 6.07) is 7.14. The molecule has 1 heterocycles. The van der Waals surface area contributed by atoms with Gasteiger partial charge in [-0.2, -0.15) is 0 Å². The monoisotopic (exact) mass is 572 g/mol. The molecule has 1 aromatic rings. The van der Waals surface area contributed by atoms with E-state index in [-0.39, 0.29) is 47.4 Å². The van der Waals surface area contributed by atoms with Crippen LogP contribution in [0.2, 0.25) is 0 Å². The molecule has 2 rings (SSSR count). The van der Waals surface area contributed by atoms with Gasteiger partial charge in [0, 0.05) is 35.7 Å². The van der Waals surface area contributed by atoms with Gasteiger partial charge in [0.15, 0.2) is 15.8 Å². The Labute approximate surface area is 186 Å². The van der Waals surface area contributed by atoms with Crippen LogP contribution in [0.15, 0.2) is 33.7 Å². The van der Waals surface area contributed by atoms with Gasteiger partial charge in [-0.25, -0.2) is 8.42 Å². The first kappa shape index (κ1) is 24.2. The molecule has 0 radical (unpaired) electrons. The highest BCUT2D eigenvalue weighted by Crippen LogP contribution is 2.12. The molecule has 0 saturated carbocycles. The van der Waals surface area contributed by atoms with Crippen LogP contribution in [0, 0.1) is 0 Å². The van der Waals surface area contributed by atoms with Crippen molar-refractivity contribution in [3.05, 3.63) is 34.3 Å². The molecule has 1 aliphatic rings. The second-order valence-electron chi connectivity index (χ2n) is 6.12. The molecular formula is C17H26BrIN4O3S. The fraction of sp³-hybridized carbons (Fsp3) is 0.529. The van der Waals surface area contributed by atoms with Crippen LogP contribution in [0.3, 0.4) is 0 Å². The lowest BCUT2D eigenvalue weighted by molar-refractivity contribution is 0.0953. The molecule has 1 amide bonds. The Bertz CT molecular complexity index is 758. The van der Waals surface area contributed by atoms with Crippen molar-refractivity contribution in [3.8, 4) is 0 Å². The van der Waals surface area contributed by atoms with Gasteiger partial charge >= 0.3 is 0 Å². The van der Waals surface area contributed by atoms with E-state index in [4.69, 9.17) is 0 Å². The van der Waals surface area contributed by atoms with Gasteiger partial charge < -0.3 is 16.0 Å². The number of benzene rings is 1. The quantitative estimate of drug-likeness (QED) is 0.201. The number of hydrogen-bond acceptors (Lipinski definition) is 4. The van der Waals surface area contributed by atoms with Crippen LogP contribution in [0.25, 0.3) is 0 Å². The van der Waals surface area contributed by atoms with Gasteiger partial charge in [-0.1, -0.05) is 22.0 Å². The van der Waals surface area contributed by atoms with Crippen molar-refractivity contribution in [3.63, 3.8) is 0 Å². The summed E-state index contributed by atoms with van der Waals surface area (Å²) in [6.45, 7) is 3.71. The van der Waals surface area contributed by atoms with Gasteiger partial charge in [0.05, 0.1) is 11.5 Å². The third-order valence-corrected chi connectivity index (χ3v) is 6.16. The van der Waals surface area contributed by atoms with E-state index in [2.05, 4.69) is 36.9 Å². The summed E-state index contributed by atoms with van der Waals surface area (Å²) in [5, 5.41) is 9.16. The molecule has 1 saturated heterocycles. The highest BCUT2D eigenvalue weighted by molar-refractivity contribution is 14.0. The van der Waals surface area contributed by atoms with Crippen LogP contribution in [0.5, 0.6) is 0 Å². The molecule has 27 heavy (non-hydrogen) atoms. The van der Waals surface area contributed by atoms with Crippen molar-refractivity contribution in [1.82, 2.24) is 16.0 Å². The molecular weight excluding hydrogens is 547 g/mol. The van der Waals surface area contributed by atoms with Gasteiger partial charge in [-0.05, 0) is 38.0 Å². The number of guanidine groups is 1. The molecule has 152 valence electrons. The number of aliphatic imine (C=N–C) groups is 1. The van der Waals surface area contributed by atoms with Gasteiger partial charge in [-0.3, -0.25) is 9.79 Å². The molecule has 0 bridgehead atoms. The molecule has 0 aromatic heterocycles. The number of nitrogens with zero attached hydrogens (tertiary/aromatic N) is 1. The first-order valence-electron chi connectivity index (χ1n) is 8.68. The van der Waals surface area contributed by atoms with Gasteiger partial charge in [-0.15, -0.1) is 24.0 Å². The number of rotatable bonds is 7. The van der Waals surface area contributed by atoms with Crippen LogP contribution in [-0.2, 0) is 9.84 Å². The van der Waals surface area contributed by atoms with Gasteiger partial charge in [0.1, 0.15) is 0 Å². The number of carbonyl (C=O) groups excluding carboxylic acids is 1. The second-order valence-corrected chi connectivity index (χ2v) is 9.27. The Balaban J connectivity index is 0.00000364. The van der Waals surface area contributed by atoms with E-state index < -0.39 is 9.84 Å². The first-order valence-corrected chi connectivity index (χ1v) is 11.3. The molecule has 1 aliphatic heterocycles. The Kier molecular flexibility index (Phi) is 10.6. The van der Waals surface area contributed by atoms with Crippen LogP contribution in [-0.4, -0.2) is 57.5 Å². The van der Waals surface area contributed by atoms with E-state index in [1.165, 1.54) is 0 Å². The molecule has 7 nitrogen and oxygen atoms in total. The summed E-state index contributed by atoms with van der Waals surface area (Å²) in [5.41, 5.74) is 0.611. The van der Waals surface area contributed by atoms with Crippen molar-refractivity contribution in [2.75, 3.05) is 31.1 Å². The summed E-state index contributed by atoms with van der Waals surface area (Å²) in [6.07, 6.45) is 1.30. The fourth-order valence-electron chi connectivity index (χ4n) is 2.63. The number of sulfone groups is 1. The third kappa shape index (κ3) is 8.77. The van der Waals surface area contributed by atoms with Crippen LogP contribution >= 0.6 is 39.9 Å². The van der Waals surface area contributed by atoms with Gasteiger partial charge in [0.2, 0.25) is 0 Å². The zero-order valence-electron chi connectivity index (χ0n) is 15.2. The minimum Gasteiger partial charge on any atom is -0.357 e. The Morgan fingerprint density at radius 1 is 1.33 bits per heavy atom. The number of hydrogen-bond donors (Lipinski definition) is 3. The fourth-order valence-corrected chi connectivity index (χ4v) is 4.70. The molecule has 1 fully saturated rings. The van der Waals surface area contributed by atoms with Crippen molar-refractivity contribution in [2.24, 2.45) is 4.99 Å². The molecule has 3 N–H and O–H groups in total. The molecule has 0 spiro atoms. The minimum atomic E-state index is -2.92. The van der Waals surface area contributed by atoms with Crippen molar-refractivity contribution in [2.45, 2.75) is 25.8 Å². The van der Waals surface area contributed by atoms with E-state index in [1.807, 2.05) is 19.1 Å². The third-order valence-electron chi connectivity index (χ3n) is 3.89. The summed E-state index contributed by atoms with van der Waals surface area (Å²) in [7, 11) is -2.92. The summed E-state index contributed by atoms with van der Waals surface area (Å²) >= 11 is 3.35. The van der Waals surface area contributed by atoms with Gasteiger partial charge in [0.25, 0.3) is 5.91 Å². The second kappa shape index (κ2) is 11.8. The first-order chi connectivity index (χ1) is 12.4. The van der Waals surface area contributed by atoms with E-state index in [0.29, 0.717) is 44.0 Å². The Hall–Kier alpha value is -0.880. The maximum absolute atomic E-state index is 12.0. The molecule has 0 aliphatic carbocycles. The zero-order chi connectivity index (χ0) is 19.0. The predicted octanol–water partition coefficient (Wildman–Crippen LogP) is 1.93. The highest BCUT2D eigenvalue weighted by Gasteiger charge is 2.28. The number of carbonyl (C=O) groups is 1. The van der Waals surface area contributed by atoms with E-state index in [0.717, 1.165) is 4.47 Å². The van der Waals surface area contributed by atoms with E-state index >= 15 is 0 Å². The lowest BCUT2D eigenvalue weighted by Crippen LogP contribution is -2.44. The van der Waals surface area contributed by atoms with Crippen molar-refractivity contribution in [1.29, 1.82) is 0 Å². The lowest BCUT2D eigenvalue weighted by Gasteiger charge is -2.15. The average molecular weight is 573 g/mol. The van der Waals surface area contributed by atoms with Crippen LogP contribution < -0.4 is 16.0 Å². The summed E-state index contributed by atoms with van der Waals surface area (Å²) in [4.78, 5) is 16.5. The number of halogens is 2. The van der Waals surface area contributed by atoms with Crippen molar-refractivity contribution >= 4 is 61.6 Å². The molecule has 10 heteroatoms. The normalized spacial score (nSPS) is 18.4. The highest BCUT2D eigenvalue weighted by atomic mass is 127. The van der Waals surface area contributed by atoms with Crippen LogP contribution in [0.1, 0.15) is 30.1 Å². The maximum atomic E-state index is 12.0. The predicted molar refractivity (Wildman–Crippen MR) is 123 cm³/mol. The topological polar surface area (TPSA) is 99.7 Å².